The molecule has 0 aromatic carbocycles. The van der Waals surface area contributed by atoms with E-state index in [1.54, 1.807) is 0 Å². The molecule has 1 nitrogen and oxygen atoms in total. The molecule has 0 heterocycles. The summed E-state index contributed by atoms with van der Waals surface area (Å²) >= 11 is 0. The Bertz CT molecular complexity index is 69.1. The maximum absolute atomic E-state index is 5.64. The summed E-state index contributed by atoms with van der Waals surface area (Å²) in [5.74, 6) is 0.871. The molecule has 1 unspecified atom stereocenters. The predicted octanol–water partition coefficient (Wildman–Crippen LogP) is 2.55. The molecule has 0 aliphatic rings. The van der Waals surface area contributed by atoms with Crippen LogP contribution in [0.5, 0.6) is 0 Å². The molecule has 0 aliphatic carbocycles. The molecule has 0 bridgehead atoms. The van der Waals surface area contributed by atoms with Crippen molar-refractivity contribution >= 4 is 0 Å². The van der Waals surface area contributed by atoms with Crippen LogP contribution in [0.15, 0.2) is 0 Å². The van der Waals surface area contributed by atoms with Gasteiger partial charge < -0.3 is 5.73 Å². The van der Waals surface area contributed by atoms with Crippen LogP contribution in [0.25, 0.3) is 0 Å². The van der Waals surface area contributed by atoms with Crippen LogP contribution in [0, 0.1) is 5.92 Å². The first-order valence-corrected chi connectivity index (χ1v) is 4.42. The van der Waals surface area contributed by atoms with Crippen molar-refractivity contribution in [3.8, 4) is 0 Å². The Morgan fingerprint density at radius 3 is 2.10 bits per heavy atom. The van der Waals surface area contributed by atoms with Crippen molar-refractivity contribution in [1.82, 2.24) is 0 Å². The highest BCUT2D eigenvalue weighted by molar-refractivity contribution is 4.57. The highest BCUT2D eigenvalue weighted by Crippen LogP contribution is 2.12. The molecule has 1 heteroatoms. The van der Waals surface area contributed by atoms with Crippen LogP contribution >= 0.6 is 0 Å². The smallest absolute Gasteiger partial charge is 0.00105 e. The van der Waals surface area contributed by atoms with Crippen LogP contribution in [0.3, 0.4) is 0 Å². The molecule has 0 saturated carbocycles. The molecule has 0 aromatic heterocycles. The molecule has 0 amide bonds. The van der Waals surface area contributed by atoms with E-state index in [-0.39, 0.29) is 0 Å². The lowest BCUT2D eigenvalue weighted by Crippen LogP contribution is -2.15. The van der Waals surface area contributed by atoms with Crippen LogP contribution in [-0.2, 0) is 0 Å². The third-order valence-corrected chi connectivity index (χ3v) is 1.90. The Hall–Kier alpha value is -0.0400. The average molecular weight is 143 g/mol. The molecular formula is C9H21N. The van der Waals surface area contributed by atoms with E-state index < -0.39 is 0 Å². The van der Waals surface area contributed by atoms with Crippen LogP contribution in [0.2, 0.25) is 0 Å². The fourth-order valence-electron chi connectivity index (χ4n) is 1.18. The predicted molar refractivity (Wildman–Crippen MR) is 47.0 cm³/mol. The van der Waals surface area contributed by atoms with Gasteiger partial charge in [-0.25, -0.2) is 0 Å². The summed E-state index contributed by atoms with van der Waals surface area (Å²) in [7, 11) is 0. The molecule has 0 saturated heterocycles. The van der Waals surface area contributed by atoms with Crippen molar-refractivity contribution in [2.45, 2.75) is 52.5 Å². The zero-order valence-corrected chi connectivity index (χ0v) is 7.56. The standard InChI is InChI=1S/C9H21N/c1-4-5-8(2)6-7-9(3)10/h8-9H,4-7,10H2,1-3H3/t8?,9-/m1/s1. The van der Waals surface area contributed by atoms with Gasteiger partial charge in [-0.05, 0) is 25.7 Å². The third kappa shape index (κ3) is 6.09. The fourth-order valence-corrected chi connectivity index (χ4v) is 1.18. The van der Waals surface area contributed by atoms with Gasteiger partial charge in [0.1, 0.15) is 0 Å². The van der Waals surface area contributed by atoms with Gasteiger partial charge in [-0.15, -0.1) is 0 Å². The van der Waals surface area contributed by atoms with Crippen LogP contribution in [-0.4, -0.2) is 6.04 Å². The molecule has 62 valence electrons. The molecular weight excluding hydrogens is 122 g/mol. The van der Waals surface area contributed by atoms with E-state index in [1.807, 2.05) is 0 Å². The van der Waals surface area contributed by atoms with E-state index in [1.165, 1.54) is 25.7 Å². The van der Waals surface area contributed by atoms with Crippen molar-refractivity contribution in [3.05, 3.63) is 0 Å². The summed E-state index contributed by atoms with van der Waals surface area (Å²) in [6.07, 6.45) is 5.14. The highest BCUT2D eigenvalue weighted by Gasteiger charge is 2.01. The van der Waals surface area contributed by atoms with E-state index in [0.717, 1.165) is 5.92 Å². The molecule has 0 fully saturated rings. The topological polar surface area (TPSA) is 26.0 Å². The number of hydrogen-bond acceptors (Lipinski definition) is 1. The molecule has 2 atom stereocenters. The molecule has 0 spiro atoms. The summed E-state index contributed by atoms with van der Waals surface area (Å²) < 4.78 is 0. The number of hydrogen-bond donors (Lipinski definition) is 1. The molecule has 0 aliphatic heterocycles. The zero-order chi connectivity index (χ0) is 7.98. The third-order valence-electron chi connectivity index (χ3n) is 1.90. The lowest BCUT2D eigenvalue weighted by molar-refractivity contribution is 0.448. The summed E-state index contributed by atoms with van der Waals surface area (Å²) in [4.78, 5) is 0. The number of nitrogens with two attached hydrogens (primary N) is 1. The minimum atomic E-state index is 0.388. The molecule has 0 rings (SSSR count). The minimum absolute atomic E-state index is 0.388. The average Bonchev–Trinajstić information content (AvgIpc) is 1.85. The van der Waals surface area contributed by atoms with Crippen molar-refractivity contribution in [3.63, 3.8) is 0 Å². The summed E-state index contributed by atoms with van der Waals surface area (Å²) in [5.41, 5.74) is 5.64. The summed E-state index contributed by atoms with van der Waals surface area (Å²) in [6, 6.07) is 0.388. The Balaban J connectivity index is 3.12. The van der Waals surface area contributed by atoms with E-state index in [4.69, 9.17) is 5.73 Å². The Morgan fingerprint density at radius 1 is 1.10 bits per heavy atom. The van der Waals surface area contributed by atoms with Gasteiger partial charge in [0.2, 0.25) is 0 Å². The highest BCUT2D eigenvalue weighted by atomic mass is 14.6. The van der Waals surface area contributed by atoms with Gasteiger partial charge in [0.15, 0.2) is 0 Å². The zero-order valence-electron chi connectivity index (χ0n) is 7.56. The van der Waals surface area contributed by atoms with Gasteiger partial charge in [-0.3, -0.25) is 0 Å². The maximum Gasteiger partial charge on any atom is 0.00105 e. The molecule has 0 radical (unpaired) electrons. The van der Waals surface area contributed by atoms with Crippen molar-refractivity contribution in [2.24, 2.45) is 11.7 Å². The maximum atomic E-state index is 5.64. The fraction of sp³-hybridized carbons (Fsp3) is 1.00. The summed E-state index contributed by atoms with van der Waals surface area (Å²) in [6.45, 7) is 6.63. The van der Waals surface area contributed by atoms with Gasteiger partial charge >= 0.3 is 0 Å². The Morgan fingerprint density at radius 2 is 1.70 bits per heavy atom. The SMILES string of the molecule is CCCC(C)CC[C@@H](C)N. The second-order valence-electron chi connectivity index (χ2n) is 3.45. The molecule has 2 N–H and O–H groups in total. The van der Waals surface area contributed by atoms with Crippen molar-refractivity contribution < 1.29 is 0 Å². The van der Waals surface area contributed by atoms with Crippen LogP contribution in [0.4, 0.5) is 0 Å². The molecule has 0 aromatic rings. The summed E-state index contributed by atoms with van der Waals surface area (Å²) in [5, 5.41) is 0. The van der Waals surface area contributed by atoms with Crippen LogP contribution < -0.4 is 5.73 Å². The lowest BCUT2D eigenvalue weighted by Gasteiger charge is -2.10. The normalized spacial score (nSPS) is 16.8. The minimum Gasteiger partial charge on any atom is -0.328 e. The first kappa shape index (κ1) is 9.96. The van der Waals surface area contributed by atoms with E-state index in [9.17, 15) is 0 Å². The van der Waals surface area contributed by atoms with Gasteiger partial charge in [0.05, 0.1) is 0 Å². The van der Waals surface area contributed by atoms with Gasteiger partial charge in [-0.2, -0.15) is 0 Å². The number of rotatable bonds is 5. The van der Waals surface area contributed by atoms with E-state index >= 15 is 0 Å². The van der Waals surface area contributed by atoms with E-state index in [2.05, 4.69) is 20.8 Å². The van der Waals surface area contributed by atoms with E-state index in [0.29, 0.717) is 6.04 Å². The first-order valence-electron chi connectivity index (χ1n) is 4.42. The molecule has 10 heavy (non-hydrogen) atoms. The van der Waals surface area contributed by atoms with Crippen molar-refractivity contribution in [1.29, 1.82) is 0 Å². The van der Waals surface area contributed by atoms with Crippen LogP contribution in [0.1, 0.15) is 46.5 Å². The Labute approximate surface area is 65.0 Å². The Kier molecular flexibility index (Phi) is 5.70. The van der Waals surface area contributed by atoms with Gasteiger partial charge in [-0.1, -0.05) is 26.7 Å². The van der Waals surface area contributed by atoms with Gasteiger partial charge in [0.25, 0.3) is 0 Å². The monoisotopic (exact) mass is 143 g/mol. The van der Waals surface area contributed by atoms with Crippen molar-refractivity contribution in [2.75, 3.05) is 0 Å². The second kappa shape index (κ2) is 5.72. The quantitative estimate of drug-likeness (QED) is 0.629. The first-order chi connectivity index (χ1) is 4.66. The second-order valence-corrected chi connectivity index (χ2v) is 3.45. The largest absolute Gasteiger partial charge is 0.328 e. The lowest BCUT2D eigenvalue weighted by atomic mass is 9.98. The van der Waals surface area contributed by atoms with Gasteiger partial charge in [0, 0.05) is 6.04 Å².